The molecule has 0 amide bonds. The van der Waals surface area contributed by atoms with Gasteiger partial charge in [-0.15, -0.1) is 35.4 Å². The maximum atomic E-state index is 10.7. The van der Waals surface area contributed by atoms with Crippen LogP contribution < -0.4 is 0 Å². The molecule has 0 saturated heterocycles. The number of phenols is 1. The molecular weight excluding hydrogens is 625 g/mol. The Bertz CT molecular complexity index is 1690. The van der Waals surface area contributed by atoms with Crippen molar-refractivity contribution in [1.82, 2.24) is 14.5 Å². The number of hydrogen-bond donors (Lipinski definition) is 1. The summed E-state index contributed by atoms with van der Waals surface area (Å²) in [6, 6.07) is 35.5. The van der Waals surface area contributed by atoms with Crippen LogP contribution in [0.2, 0.25) is 0 Å². The van der Waals surface area contributed by atoms with Gasteiger partial charge in [0, 0.05) is 49.1 Å². The quantitative estimate of drug-likeness (QED) is 0.208. The molecule has 36 heavy (non-hydrogen) atoms. The molecule has 3 aromatic carbocycles. The van der Waals surface area contributed by atoms with Crippen LogP contribution in [0.4, 0.5) is 0 Å². The minimum absolute atomic E-state index is 0. The molecule has 6 aromatic rings. The summed E-state index contributed by atoms with van der Waals surface area (Å²) in [4.78, 5) is 9.69. The van der Waals surface area contributed by atoms with Crippen LogP contribution >= 0.6 is 0 Å². The minimum atomic E-state index is -0.300. The van der Waals surface area contributed by atoms with E-state index in [2.05, 4.69) is 61.3 Å². The zero-order valence-electron chi connectivity index (χ0n) is 19.9. The summed E-state index contributed by atoms with van der Waals surface area (Å²) in [6.45, 7) is 4.33. The number of hydrogen-bond acceptors (Lipinski definition) is 3. The Kier molecular flexibility index (Phi) is 6.24. The van der Waals surface area contributed by atoms with Gasteiger partial charge in [0.15, 0.2) is 0 Å². The molecule has 6 rings (SSSR count). The third-order valence-corrected chi connectivity index (χ3v) is 6.69. The molecule has 0 spiro atoms. The van der Waals surface area contributed by atoms with E-state index in [9.17, 15) is 5.11 Å². The summed E-state index contributed by atoms with van der Waals surface area (Å²) < 4.78 is 2.03. The fourth-order valence-electron chi connectivity index (χ4n) is 4.74. The SMILES string of the molecule is CC(C)(c1[c-]c(-c2ccc3c4ccccc4n(-c4ccccc4O)c3n2)ccc1)c1ccccn1.[Pt]. The molecule has 0 atom stereocenters. The Labute approximate surface area is 224 Å². The van der Waals surface area contributed by atoms with E-state index in [1.807, 2.05) is 65.4 Å². The van der Waals surface area contributed by atoms with Crippen molar-refractivity contribution in [3.05, 3.63) is 121 Å². The van der Waals surface area contributed by atoms with Crippen LogP contribution in [0.1, 0.15) is 25.1 Å². The summed E-state index contributed by atoms with van der Waals surface area (Å²) in [5.41, 5.74) is 6.01. The fraction of sp³-hybridized carbons (Fsp3) is 0.0968. The average Bonchev–Trinajstić information content (AvgIpc) is 3.23. The first kappa shape index (κ1) is 24.0. The van der Waals surface area contributed by atoms with Crippen LogP contribution in [0, 0.1) is 6.07 Å². The Morgan fingerprint density at radius 3 is 2.36 bits per heavy atom. The number of pyridine rings is 2. The van der Waals surface area contributed by atoms with Gasteiger partial charge in [-0.05, 0) is 36.0 Å². The predicted octanol–water partition coefficient (Wildman–Crippen LogP) is 7.07. The number of phenolic OH excluding ortho intramolecular Hbond substituents is 1. The van der Waals surface area contributed by atoms with Gasteiger partial charge in [0.1, 0.15) is 11.4 Å². The summed E-state index contributed by atoms with van der Waals surface area (Å²) in [5.74, 6) is 0.216. The predicted molar refractivity (Wildman–Crippen MR) is 141 cm³/mol. The third kappa shape index (κ3) is 3.92. The van der Waals surface area contributed by atoms with Gasteiger partial charge in [-0.1, -0.05) is 62.4 Å². The molecule has 0 fully saturated rings. The van der Waals surface area contributed by atoms with Gasteiger partial charge in [0.25, 0.3) is 0 Å². The van der Waals surface area contributed by atoms with Gasteiger partial charge < -0.3 is 5.11 Å². The number of aromatic nitrogens is 3. The van der Waals surface area contributed by atoms with Crippen molar-refractivity contribution in [2.24, 2.45) is 0 Å². The molecule has 3 heterocycles. The van der Waals surface area contributed by atoms with E-state index < -0.39 is 0 Å². The van der Waals surface area contributed by atoms with Crippen molar-refractivity contribution in [2.75, 3.05) is 0 Å². The summed E-state index contributed by atoms with van der Waals surface area (Å²) in [7, 11) is 0. The Morgan fingerprint density at radius 1 is 0.778 bits per heavy atom. The van der Waals surface area contributed by atoms with Crippen molar-refractivity contribution in [3.63, 3.8) is 0 Å². The van der Waals surface area contributed by atoms with Gasteiger partial charge in [-0.3, -0.25) is 14.5 Å². The normalized spacial score (nSPS) is 11.5. The van der Waals surface area contributed by atoms with Crippen LogP contribution in [-0.2, 0) is 26.5 Å². The monoisotopic (exact) mass is 649 g/mol. The van der Waals surface area contributed by atoms with Crippen LogP contribution in [0.3, 0.4) is 0 Å². The zero-order chi connectivity index (χ0) is 24.0. The largest absolute Gasteiger partial charge is 0.506 e. The standard InChI is InChI=1S/C31H24N3O.Pt/c1-31(2,29-16-7-8-19-32-29)22-11-9-10-21(20-22)25-18-17-24-23-12-3-4-13-26(23)34(30(24)33-25)27-14-5-6-15-28(27)35;/h3-19,35H,1-2H3;/q-1;. The van der Waals surface area contributed by atoms with Gasteiger partial charge in [-0.25, -0.2) is 0 Å². The molecule has 0 saturated carbocycles. The summed E-state index contributed by atoms with van der Waals surface area (Å²) in [5, 5.41) is 12.8. The molecule has 3 aromatic heterocycles. The number of para-hydroxylation sites is 3. The van der Waals surface area contributed by atoms with E-state index in [4.69, 9.17) is 4.98 Å². The summed E-state index contributed by atoms with van der Waals surface area (Å²) >= 11 is 0. The molecule has 0 radical (unpaired) electrons. The van der Waals surface area contributed by atoms with Crippen molar-refractivity contribution >= 4 is 21.9 Å². The van der Waals surface area contributed by atoms with E-state index in [0.717, 1.165) is 44.5 Å². The molecule has 180 valence electrons. The van der Waals surface area contributed by atoms with Crippen LogP contribution in [-0.4, -0.2) is 19.6 Å². The van der Waals surface area contributed by atoms with Crippen LogP contribution in [0.15, 0.2) is 103 Å². The third-order valence-electron chi connectivity index (χ3n) is 6.69. The maximum Gasteiger partial charge on any atom is 0.139 e. The first-order chi connectivity index (χ1) is 17.0. The van der Waals surface area contributed by atoms with Crippen molar-refractivity contribution in [1.29, 1.82) is 0 Å². The second kappa shape index (κ2) is 9.37. The van der Waals surface area contributed by atoms with Crippen molar-refractivity contribution in [3.8, 4) is 22.7 Å². The van der Waals surface area contributed by atoms with Gasteiger partial charge >= 0.3 is 0 Å². The second-order valence-electron chi connectivity index (χ2n) is 9.23. The maximum absolute atomic E-state index is 10.7. The smallest absolute Gasteiger partial charge is 0.139 e. The van der Waals surface area contributed by atoms with E-state index in [1.165, 1.54) is 0 Å². The first-order valence-electron chi connectivity index (χ1n) is 11.7. The van der Waals surface area contributed by atoms with E-state index in [-0.39, 0.29) is 32.2 Å². The van der Waals surface area contributed by atoms with E-state index >= 15 is 0 Å². The average molecular weight is 650 g/mol. The molecule has 0 aliphatic heterocycles. The Hall–Kier alpha value is -3.75. The van der Waals surface area contributed by atoms with E-state index in [1.54, 1.807) is 6.07 Å². The molecule has 0 aliphatic rings. The minimum Gasteiger partial charge on any atom is -0.506 e. The molecule has 1 N–H and O–H groups in total. The fourth-order valence-corrected chi connectivity index (χ4v) is 4.74. The van der Waals surface area contributed by atoms with Gasteiger partial charge in [0.05, 0.1) is 11.2 Å². The Balaban J connectivity index is 0.00000267. The number of nitrogens with zero attached hydrogens (tertiary/aromatic N) is 3. The van der Waals surface area contributed by atoms with E-state index in [0.29, 0.717) is 5.69 Å². The Morgan fingerprint density at radius 2 is 1.56 bits per heavy atom. The number of rotatable bonds is 4. The summed E-state index contributed by atoms with van der Waals surface area (Å²) in [6.07, 6.45) is 1.83. The molecule has 5 heteroatoms. The van der Waals surface area contributed by atoms with Gasteiger partial charge in [0.2, 0.25) is 0 Å². The topological polar surface area (TPSA) is 50.9 Å². The van der Waals surface area contributed by atoms with Crippen molar-refractivity contribution < 1.29 is 26.2 Å². The molecular formula is C31H24N3OPt-. The van der Waals surface area contributed by atoms with Crippen LogP contribution in [0.5, 0.6) is 5.75 Å². The molecule has 0 unspecified atom stereocenters. The molecule has 0 aliphatic carbocycles. The second-order valence-corrected chi connectivity index (χ2v) is 9.23. The molecule has 0 bridgehead atoms. The number of benzene rings is 3. The number of aromatic hydroxyl groups is 1. The molecule has 4 nitrogen and oxygen atoms in total. The zero-order valence-corrected chi connectivity index (χ0v) is 22.2. The van der Waals surface area contributed by atoms with Crippen molar-refractivity contribution in [2.45, 2.75) is 19.3 Å². The van der Waals surface area contributed by atoms with Crippen LogP contribution in [0.25, 0.3) is 38.9 Å². The number of fused-ring (bicyclic) bond motifs is 3. The van der Waals surface area contributed by atoms with Gasteiger partial charge in [-0.2, -0.15) is 0 Å². The first-order valence-corrected chi connectivity index (χ1v) is 11.7.